The van der Waals surface area contributed by atoms with Gasteiger partial charge in [-0.05, 0) is 24.8 Å². The second kappa shape index (κ2) is 6.82. The fraction of sp³-hybridized carbons (Fsp3) is 0.357. The summed E-state index contributed by atoms with van der Waals surface area (Å²) in [5.74, 6) is -1.17. The van der Waals surface area contributed by atoms with Gasteiger partial charge < -0.3 is 10.4 Å². The van der Waals surface area contributed by atoms with Gasteiger partial charge in [-0.2, -0.15) is 11.3 Å². The smallest absolute Gasteiger partial charge is 0.305 e. The summed E-state index contributed by atoms with van der Waals surface area (Å²) in [5, 5.41) is 16.3. The Morgan fingerprint density at radius 2 is 2.24 bits per heavy atom. The van der Waals surface area contributed by atoms with Gasteiger partial charge in [-0.25, -0.2) is 4.98 Å². The van der Waals surface area contributed by atoms with Gasteiger partial charge in [0.25, 0.3) is 5.91 Å². The van der Waals surface area contributed by atoms with Gasteiger partial charge in [0, 0.05) is 17.0 Å². The van der Waals surface area contributed by atoms with Gasteiger partial charge in [0.15, 0.2) is 0 Å². The zero-order valence-corrected chi connectivity index (χ0v) is 13.4. The maximum absolute atomic E-state index is 12.3. The number of hydrogen-bond acceptors (Lipinski definition) is 5. The molecule has 0 radical (unpaired) electrons. The molecule has 0 saturated carbocycles. The Bertz CT molecular complexity index is 635. The Hall–Kier alpha value is -1.73. The van der Waals surface area contributed by atoms with Gasteiger partial charge in [-0.15, -0.1) is 11.3 Å². The van der Waals surface area contributed by atoms with E-state index in [0.29, 0.717) is 17.0 Å². The lowest BCUT2D eigenvalue weighted by molar-refractivity contribution is -0.137. The first-order valence-corrected chi connectivity index (χ1v) is 8.29. The van der Waals surface area contributed by atoms with Crippen LogP contribution in [0.2, 0.25) is 0 Å². The number of rotatable bonds is 6. The molecule has 0 saturated heterocycles. The highest BCUT2D eigenvalue weighted by Gasteiger charge is 2.20. The SMILES string of the molecule is CCC(CC(=O)O)NC(=O)c1sc(-c2ccsc2)nc1C. The molecule has 2 aromatic rings. The van der Waals surface area contributed by atoms with Crippen molar-refractivity contribution in [2.45, 2.75) is 32.7 Å². The summed E-state index contributed by atoms with van der Waals surface area (Å²) in [5.41, 5.74) is 1.67. The molecule has 2 rings (SSSR count). The zero-order chi connectivity index (χ0) is 15.4. The molecule has 0 aliphatic heterocycles. The molecule has 0 bridgehead atoms. The van der Waals surface area contributed by atoms with Gasteiger partial charge in [0.2, 0.25) is 0 Å². The number of thiophene rings is 1. The van der Waals surface area contributed by atoms with Crippen LogP contribution in [-0.2, 0) is 4.79 Å². The maximum Gasteiger partial charge on any atom is 0.305 e. The van der Waals surface area contributed by atoms with E-state index in [0.717, 1.165) is 10.6 Å². The predicted octanol–water partition coefficient (Wildman–Crippen LogP) is 3.16. The zero-order valence-electron chi connectivity index (χ0n) is 11.8. The summed E-state index contributed by atoms with van der Waals surface area (Å²) in [4.78, 5) is 28.0. The highest BCUT2D eigenvalue weighted by Crippen LogP contribution is 2.29. The molecule has 112 valence electrons. The number of hydrogen-bond donors (Lipinski definition) is 2. The van der Waals surface area contributed by atoms with E-state index in [1.54, 1.807) is 18.3 Å². The molecule has 2 aromatic heterocycles. The van der Waals surface area contributed by atoms with Crippen LogP contribution >= 0.6 is 22.7 Å². The summed E-state index contributed by atoms with van der Waals surface area (Å²) in [6, 6.07) is 1.60. The second-order valence-corrected chi connectivity index (χ2v) is 6.40. The van der Waals surface area contributed by atoms with E-state index in [9.17, 15) is 9.59 Å². The number of carbonyl (C=O) groups excluding carboxylic acids is 1. The number of carboxylic acids is 1. The first-order chi connectivity index (χ1) is 10.0. The minimum absolute atomic E-state index is 0.0719. The van der Waals surface area contributed by atoms with Crippen molar-refractivity contribution in [2.24, 2.45) is 0 Å². The van der Waals surface area contributed by atoms with Crippen LogP contribution in [0.4, 0.5) is 0 Å². The van der Waals surface area contributed by atoms with Crippen LogP contribution in [0.15, 0.2) is 16.8 Å². The summed E-state index contributed by atoms with van der Waals surface area (Å²) in [7, 11) is 0. The molecule has 0 spiro atoms. The summed E-state index contributed by atoms with van der Waals surface area (Å²) in [6.45, 7) is 3.64. The minimum atomic E-state index is -0.915. The Morgan fingerprint density at radius 3 is 2.81 bits per heavy atom. The molecule has 0 fully saturated rings. The molecular weight excluding hydrogens is 308 g/mol. The van der Waals surface area contributed by atoms with Crippen molar-refractivity contribution < 1.29 is 14.7 Å². The largest absolute Gasteiger partial charge is 0.481 e. The van der Waals surface area contributed by atoms with E-state index in [4.69, 9.17) is 5.11 Å². The molecule has 5 nitrogen and oxygen atoms in total. The average Bonchev–Trinajstić information content (AvgIpc) is 3.05. The molecule has 0 aliphatic carbocycles. The van der Waals surface area contributed by atoms with Gasteiger partial charge in [-0.1, -0.05) is 6.92 Å². The number of nitrogens with zero attached hydrogens (tertiary/aromatic N) is 1. The number of carboxylic acid groups (broad SMARTS) is 1. The van der Waals surface area contributed by atoms with Gasteiger partial charge in [-0.3, -0.25) is 9.59 Å². The van der Waals surface area contributed by atoms with Crippen LogP contribution in [0.1, 0.15) is 35.1 Å². The van der Waals surface area contributed by atoms with E-state index in [1.807, 2.05) is 23.8 Å². The molecule has 0 aromatic carbocycles. The van der Waals surface area contributed by atoms with Crippen LogP contribution in [0, 0.1) is 6.92 Å². The molecular formula is C14H16N2O3S2. The summed E-state index contributed by atoms with van der Waals surface area (Å²) in [6.07, 6.45) is 0.505. The van der Waals surface area contributed by atoms with Crippen molar-refractivity contribution in [3.8, 4) is 10.6 Å². The number of carbonyl (C=O) groups is 2. The fourth-order valence-corrected chi connectivity index (χ4v) is 3.56. The summed E-state index contributed by atoms with van der Waals surface area (Å²) >= 11 is 2.91. The third-order valence-corrected chi connectivity index (χ3v) is 4.91. The van der Waals surface area contributed by atoms with E-state index in [-0.39, 0.29) is 18.4 Å². The number of aryl methyl sites for hydroxylation is 1. The van der Waals surface area contributed by atoms with Crippen molar-refractivity contribution in [1.29, 1.82) is 0 Å². The topological polar surface area (TPSA) is 79.3 Å². The Kier molecular flexibility index (Phi) is 5.08. The lowest BCUT2D eigenvalue weighted by atomic mass is 10.1. The third kappa shape index (κ3) is 3.89. The number of thiazole rings is 1. The van der Waals surface area contributed by atoms with Crippen LogP contribution < -0.4 is 5.32 Å². The molecule has 1 atom stereocenters. The maximum atomic E-state index is 12.3. The van der Waals surface area contributed by atoms with E-state index in [1.165, 1.54) is 11.3 Å². The quantitative estimate of drug-likeness (QED) is 0.855. The molecule has 1 amide bonds. The highest BCUT2D eigenvalue weighted by atomic mass is 32.1. The molecule has 2 heterocycles. The normalized spacial score (nSPS) is 12.1. The van der Waals surface area contributed by atoms with E-state index < -0.39 is 5.97 Å². The van der Waals surface area contributed by atoms with Crippen LogP contribution in [0.3, 0.4) is 0 Å². The van der Waals surface area contributed by atoms with Gasteiger partial charge in [0.1, 0.15) is 9.88 Å². The molecule has 1 unspecified atom stereocenters. The predicted molar refractivity (Wildman–Crippen MR) is 84.0 cm³/mol. The average molecular weight is 324 g/mol. The van der Waals surface area contributed by atoms with Crippen molar-refractivity contribution >= 4 is 34.6 Å². The van der Waals surface area contributed by atoms with Crippen molar-refractivity contribution in [1.82, 2.24) is 10.3 Å². The van der Waals surface area contributed by atoms with Crippen LogP contribution in [0.25, 0.3) is 10.6 Å². The number of amides is 1. The molecule has 7 heteroatoms. The number of aromatic nitrogens is 1. The summed E-state index contributed by atoms with van der Waals surface area (Å²) < 4.78 is 0. The minimum Gasteiger partial charge on any atom is -0.481 e. The van der Waals surface area contributed by atoms with Gasteiger partial charge >= 0.3 is 5.97 Å². The van der Waals surface area contributed by atoms with Crippen molar-refractivity contribution in [3.05, 3.63) is 27.4 Å². The lowest BCUT2D eigenvalue weighted by Gasteiger charge is -2.14. The van der Waals surface area contributed by atoms with Crippen molar-refractivity contribution in [2.75, 3.05) is 0 Å². The number of nitrogens with one attached hydrogen (secondary N) is 1. The molecule has 21 heavy (non-hydrogen) atoms. The van der Waals surface area contributed by atoms with E-state index >= 15 is 0 Å². The van der Waals surface area contributed by atoms with Crippen molar-refractivity contribution in [3.63, 3.8) is 0 Å². The Balaban J connectivity index is 2.14. The van der Waals surface area contributed by atoms with E-state index in [2.05, 4.69) is 10.3 Å². The van der Waals surface area contributed by atoms with Crippen LogP contribution in [0.5, 0.6) is 0 Å². The number of aliphatic carboxylic acids is 1. The highest BCUT2D eigenvalue weighted by molar-refractivity contribution is 7.17. The van der Waals surface area contributed by atoms with Crippen LogP contribution in [-0.4, -0.2) is 28.0 Å². The standard InChI is InChI=1S/C14H16N2O3S2/c1-3-10(6-11(17)18)16-13(19)12-8(2)15-14(21-12)9-4-5-20-7-9/h4-5,7,10H,3,6H2,1-2H3,(H,16,19)(H,17,18). The second-order valence-electron chi connectivity index (χ2n) is 4.62. The lowest BCUT2D eigenvalue weighted by Crippen LogP contribution is -2.35. The monoisotopic (exact) mass is 324 g/mol. The molecule has 0 aliphatic rings. The Labute approximate surface area is 130 Å². The fourth-order valence-electron chi connectivity index (χ4n) is 1.88. The van der Waals surface area contributed by atoms with Gasteiger partial charge in [0.05, 0.1) is 12.1 Å². The first-order valence-electron chi connectivity index (χ1n) is 6.54. The first kappa shape index (κ1) is 15.7. The molecule has 2 N–H and O–H groups in total. The third-order valence-electron chi connectivity index (χ3n) is 3.02. The Morgan fingerprint density at radius 1 is 1.48 bits per heavy atom.